The maximum atomic E-state index is 12.2. The van der Waals surface area contributed by atoms with Gasteiger partial charge in [0.2, 0.25) is 5.91 Å². The molecule has 0 bridgehead atoms. The van der Waals surface area contributed by atoms with E-state index in [-0.39, 0.29) is 24.1 Å². The molecule has 2 atom stereocenters. The number of nitrogens with one attached hydrogen (secondary N) is 2. The van der Waals surface area contributed by atoms with Crippen molar-refractivity contribution in [2.75, 3.05) is 4.90 Å². The number of amides is 2. The number of alkyl carbamates (subject to hydrolysis) is 1. The van der Waals surface area contributed by atoms with Crippen molar-refractivity contribution in [3.05, 3.63) is 36.0 Å². The third kappa shape index (κ3) is 3.56. The second-order valence-electron chi connectivity index (χ2n) is 6.87. The van der Waals surface area contributed by atoms with Crippen molar-refractivity contribution >= 4 is 17.7 Å². The molecule has 2 aromatic rings. The van der Waals surface area contributed by atoms with Crippen LogP contribution in [0.1, 0.15) is 45.7 Å². The lowest BCUT2D eigenvalue weighted by Crippen LogP contribution is -2.45. The SMILES string of the molecule is CC(=O)N1c2ccc(-c3ccn[nH]3)cc2C(NC(=O)OC(C)C)CC1C. The third-order valence-corrected chi connectivity index (χ3v) is 4.47. The van der Waals surface area contributed by atoms with E-state index in [0.29, 0.717) is 6.42 Å². The summed E-state index contributed by atoms with van der Waals surface area (Å²) in [4.78, 5) is 26.1. The van der Waals surface area contributed by atoms with Gasteiger partial charge in [-0.05, 0) is 51.0 Å². The molecule has 3 rings (SSSR count). The van der Waals surface area contributed by atoms with E-state index in [2.05, 4.69) is 15.5 Å². The number of aromatic nitrogens is 2. The van der Waals surface area contributed by atoms with Gasteiger partial charge in [-0.15, -0.1) is 0 Å². The van der Waals surface area contributed by atoms with Crippen LogP contribution in [0.3, 0.4) is 0 Å². The molecule has 0 aliphatic carbocycles. The molecule has 0 saturated heterocycles. The van der Waals surface area contributed by atoms with Crippen LogP contribution in [-0.2, 0) is 9.53 Å². The van der Waals surface area contributed by atoms with Gasteiger partial charge < -0.3 is 15.0 Å². The Kier molecular flexibility index (Phi) is 4.97. The van der Waals surface area contributed by atoms with E-state index in [1.807, 2.05) is 45.0 Å². The van der Waals surface area contributed by atoms with Gasteiger partial charge in [-0.3, -0.25) is 9.89 Å². The summed E-state index contributed by atoms with van der Waals surface area (Å²) >= 11 is 0. The van der Waals surface area contributed by atoms with Crippen molar-refractivity contribution < 1.29 is 14.3 Å². The summed E-state index contributed by atoms with van der Waals surface area (Å²) in [6.07, 6.45) is 1.66. The Morgan fingerprint density at radius 2 is 2.12 bits per heavy atom. The van der Waals surface area contributed by atoms with Crippen LogP contribution in [0.4, 0.5) is 10.5 Å². The number of H-pyrrole nitrogens is 1. The van der Waals surface area contributed by atoms with Crippen LogP contribution >= 0.6 is 0 Å². The monoisotopic (exact) mass is 356 g/mol. The van der Waals surface area contributed by atoms with Crippen LogP contribution in [0.5, 0.6) is 0 Å². The zero-order valence-corrected chi connectivity index (χ0v) is 15.4. The molecule has 138 valence electrons. The number of fused-ring (bicyclic) bond motifs is 1. The molecular formula is C19H24N4O3. The fourth-order valence-electron chi connectivity index (χ4n) is 3.46. The molecule has 2 N–H and O–H groups in total. The van der Waals surface area contributed by atoms with Crippen LogP contribution in [0, 0.1) is 0 Å². The summed E-state index contributed by atoms with van der Waals surface area (Å²) in [6.45, 7) is 7.16. The van der Waals surface area contributed by atoms with Crippen molar-refractivity contribution in [2.45, 2.75) is 52.3 Å². The fraction of sp³-hybridized carbons (Fsp3) is 0.421. The molecule has 0 fully saturated rings. The maximum absolute atomic E-state index is 12.2. The summed E-state index contributed by atoms with van der Waals surface area (Å²) in [5.41, 5.74) is 3.54. The predicted octanol–water partition coefficient (Wildman–Crippen LogP) is 3.40. The van der Waals surface area contributed by atoms with Crippen LogP contribution in [0.2, 0.25) is 0 Å². The molecule has 1 aromatic heterocycles. The number of rotatable bonds is 3. The van der Waals surface area contributed by atoms with Crippen molar-refractivity contribution in [3.8, 4) is 11.3 Å². The minimum atomic E-state index is -0.452. The average molecular weight is 356 g/mol. The van der Waals surface area contributed by atoms with E-state index < -0.39 is 6.09 Å². The lowest BCUT2D eigenvalue weighted by atomic mass is 9.90. The highest BCUT2D eigenvalue weighted by Gasteiger charge is 2.33. The van der Waals surface area contributed by atoms with Crippen LogP contribution in [0.15, 0.2) is 30.5 Å². The normalized spacial score (nSPS) is 19.2. The molecule has 26 heavy (non-hydrogen) atoms. The molecule has 2 amide bonds. The molecule has 1 aliphatic rings. The summed E-state index contributed by atoms with van der Waals surface area (Å²) < 4.78 is 5.23. The number of hydrogen-bond acceptors (Lipinski definition) is 4. The fourth-order valence-corrected chi connectivity index (χ4v) is 3.46. The van der Waals surface area contributed by atoms with Gasteiger partial charge in [-0.2, -0.15) is 5.10 Å². The first-order valence-electron chi connectivity index (χ1n) is 8.77. The average Bonchev–Trinajstić information content (AvgIpc) is 3.07. The van der Waals surface area contributed by atoms with E-state index in [9.17, 15) is 9.59 Å². The van der Waals surface area contributed by atoms with Gasteiger partial charge in [0, 0.05) is 30.4 Å². The van der Waals surface area contributed by atoms with E-state index in [4.69, 9.17) is 4.74 Å². The molecule has 0 spiro atoms. The minimum absolute atomic E-state index is 0.0174. The van der Waals surface area contributed by atoms with Gasteiger partial charge in [0.25, 0.3) is 0 Å². The van der Waals surface area contributed by atoms with Gasteiger partial charge >= 0.3 is 6.09 Å². The third-order valence-electron chi connectivity index (χ3n) is 4.47. The van der Waals surface area contributed by atoms with Gasteiger partial charge in [0.05, 0.1) is 17.8 Å². The van der Waals surface area contributed by atoms with Gasteiger partial charge in [-0.1, -0.05) is 6.07 Å². The minimum Gasteiger partial charge on any atom is -0.447 e. The summed E-state index contributed by atoms with van der Waals surface area (Å²) in [5, 5.41) is 9.87. The topological polar surface area (TPSA) is 87.3 Å². The van der Waals surface area contributed by atoms with Gasteiger partial charge in [0.15, 0.2) is 0 Å². The first kappa shape index (κ1) is 18.0. The number of hydrogen-bond donors (Lipinski definition) is 2. The number of carbonyl (C=O) groups excluding carboxylic acids is 2. The summed E-state index contributed by atoms with van der Waals surface area (Å²) in [7, 11) is 0. The highest BCUT2D eigenvalue weighted by molar-refractivity contribution is 5.94. The maximum Gasteiger partial charge on any atom is 0.407 e. The largest absolute Gasteiger partial charge is 0.447 e. The van der Waals surface area contributed by atoms with E-state index in [1.165, 1.54) is 0 Å². The Morgan fingerprint density at radius 1 is 1.35 bits per heavy atom. The first-order valence-corrected chi connectivity index (χ1v) is 8.77. The highest BCUT2D eigenvalue weighted by Crippen LogP contribution is 2.39. The number of ether oxygens (including phenoxy) is 1. The Morgan fingerprint density at radius 3 is 2.73 bits per heavy atom. The molecule has 7 heteroatoms. The van der Waals surface area contributed by atoms with Crippen LogP contribution < -0.4 is 10.2 Å². The summed E-state index contributed by atoms with van der Waals surface area (Å²) in [5.74, 6) is -0.0174. The number of benzene rings is 1. The lowest BCUT2D eigenvalue weighted by molar-refractivity contribution is -0.117. The van der Waals surface area contributed by atoms with Gasteiger partial charge in [0.1, 0.15) is 0 Å². The lowest BCUT2D eigenvalue weighted by Gasteiger charge is -2.39. The number of anilines is 1. The number of nitrogens with zero attached hydrogens (tertiary/aromatic N) is 2. The number of carbonyl (C=O) groups is 2. The molecular weight excluding hydrogens is 332 g/mol. The Hall–Kier alpha value is -2.83. The molecule has 0 radical (unpaired) electrons. The van der Waals surface area contributed by atoms with Crippen molar-refractivity contribution in [2.24, 2.45) is 0 Å². The molecule has 1 aromatic carbocycles. The van der Waals surface area contributed by atoms with Crippen molar-refractivity contribution in [1.82, 2.24) is 15.5 Å². The van der Waals surface area contributed by atoms with Gasteiger partial charge in [-0.25, -0.2) is 4.79 Å². The van der Waals surface area contributed by atoms with E-state index in [0.717, 1.165) is 22.5 Å². The quantitative estimate of drug-likeness (QED) is 0.882. The molecule has 7 nitrogen and oxygen atoms in total. The zero-order valence-electron chi connectivity index (χ0n) is 15.4. The second-order valence-corrected chi connectivity index (χ2v) is 6.87. The predicted molar refractivity (Wildman–Crippen MR) is 98.8 cm³/mol. The molecule has 1 aliphatic heterocycles. The highest BCUT2D eigenvalue weighted by atomic mass is 16.6. The molecule has 0 saturated carbocycles. The standard InChI is InChI=1S/C19H24N4O3/c1-11(2)26-19(25)21-17-9-12(3)23(13(4)24)18-6-5-14(10-15(17)18)16-7-8-20-22-16/h5-8,10-12,17H,9H2,1-4H3,(H,20,22)(H,21,25). The smallest absolute Gasteiger partial charge is 0.407 e. The van der Waals surface area contributed by atoms with E-state index >= 15 is 0 Å². The Balaban J connectivity index is 2.00. The zero-order chi connectivity index (χ0) is 18.8. The molecule has 2 unspecified atom stereocenters. The van der Waals surface area contributed by atoms with Crippen molar-refractivity contribution in [1.29, 1.82) is 0 Å². The first-order chi connectivity index (χ1) is 12.4. The number of aromatic amines is 1. The molecule has 2 heterocycles. The van der Waals surface area contributed by atoms with Crippen LogP contribution in [-0.4, -0.2) is 34.3 Å². The Bertz CT molecular complexity index is 801. The summed E-state index contributed by atoms with van der Waals surface area (Å²) in [6, 6.07) is 7.48. The Labute approximate surface area is 152 Å². The van der Waals surface area contributed by atoms with Crippen LogP contribution in [0.25, 0.3) is 11.3 Å². The van der Waals surface area contributed by atoms with E-state index in [1.54, 1.807) is 18.0 Å². The van der Waals surface area contributed by atoms with Crippen molar-refractivity contribution in [3.63, 3.8) is 0 Å². The second kappa shape index (κ2) is 7.19.